The number of halogens is 1. The molecule has 9 nitrogen and oxygen atoms in total. The molecule has 2 aromatic rings. The smallest absolute Gasteiger partial charge is 0.253 e. The van der Waals surface area contributed by atoms with Gasteiger partial charge in [-0.1, -0.05) is 11.6 Å². The van der Waals surface area contributed by atoms with Gasteiger partial charge in [-0.05, 0) is 35.9 Å². The highest BCUT2D eigenvalue weighted by molar-refractivity contribution is 7.89. The van der Waals surface area contributed by atoms with Gasteiger partial charge in [0.2, 0.25) is 10.0 Å². The lowest BCUT2D eigenvalue weighted by molar-refractivity contribution is 0.0949. The summed E-state index contributed by atoms with van der Waals surface area (Å²) in [4.78, 5) is 15.0. The van der Waals surface area contributed by atoms with Crippen LogP contribution in [0.4, 0.5) is 5.69 Å². The molecular weight excluding hydrogens is 458 g/mol. The fourth-order valence-corrected chi connectivity index (χ4v) is 4.45. The Bertz CT molecular complexity index is 1120. The fourth-order valence-electron chi connectivity index (χ4n) is 3.62. The zero-order valence-electron chi connectivity index (χ0n) is 17.3. The van der Waals surface area contributed by atoms with Crippen molar-refractivity contribution in [1.82, 2.24) is 5.32 Å². The van der Waals surface area contributed by atoms with E-state index in [4.69, 9.17) is 31.0 Å². The maximum Gasteiger partial charge on any atom is 0.253 e. The first-order chi connectivity index (χ1) is 15.3. The number of morpholine rings is 1. The molecule has 2 aliphatic heterocycles. The van der Waals surface area contributed by atoms with Crippen LogP contribution in [0.15, 0.2) is 35.2 Å². The summed E-state index contributed by atoms with van der Waals surface area (Å²) in [6.45, 7) is 3.42. The number of amides is 1. The van der Waals surface area contributed by atoms with E-state index in [1.54, 1.807) is 18.2 Å². The van der Waals surface area contributed by atoms with Gasteiger partial charge in [-0.2, -0.15) is 0 Å². The van der Waals surface area contributed by atoms with Crippen LogP contribution in [0.3, 0.4) is 0 Å². The monoisotopic (exact) mass is 481 g/mol. The number of nitrogens with two attached hydrogens (primary N) is 1. The van der Waals surface area contributed by atoms with Crippen molar-refractivity contribution in [3.8, 4) is 11.5 Å². The van der Waals surface area contributed by atoms with E-state index < -0.39 is 15.9 Å². The second-order valence-electron chi connectivity index (χ2n) is 7.46. The van der Waals surface area contributed by atoms with Crippen LogP contribution in [-0.4, -0.2) is 53.8 Å². The van der Waals surface area contributed by atoms with Crippen LogP contribution in [0.5, 0.6) is 11.5 Å². The first kappa shape index (κ1) is 22.7. The highest BCUT2D eigenvalue weighted by Gasteiger charge is 2.22. The summed E-state index contributed by atoms with van der Waals surface area (Å²) in [5.41, 5.74) is 1.57. The minimum atomic E-state index is -3.96. The minimum Gasteiger partial charge on any atom is -0.489 e. The van der Waals surface area contributed by atoms with Gasteiger partial charge in [-0.3, -0.25) is 4.79 Å². The third-order valence-electron chi connectivity index (χ3n) is 5.21. The van der Waals surface area contributed by atoms with Crippen LogP contribution in [-0.2, 0) is 21.3 Å². The summed E-state index contributed by atoms with van der Waals surface area (Å²) < 4.78 is 40.4. The molecule has 1 saturated heterocycles. The van der Waals surface area contributed by atoms with Crippen molar-refractivity contribution in [1.29, 1.82) is 0 Å². The van der Waals surface area contributed by atoms with E-state index in [1.807, 2.05) is 4.90 Å². The molecule has 32 heavy (non-hydrogen) atoms. The lowest BCUT2D eigenvalue weighted by Gasteiger charge is -2.30. The predicted molar refractivity (Wildman–Crippen MR) is 119 cm³/mol. The van der Waals surface area contributed by atoms with Gasteiger partial charge in [0.1, 0.15) is 0 Å². The maximum absolute atomic E-state index is 13.1. The normalized spacial score (nSPS) is 16.4. The zero-order valence-corrected chi connectivity index (χ0v) is 18.9. The predicted octanol–water partition coefficient (Wildman–Crippen LogP) is 1.92. The molecule has 0 radical (unpaired) electrons. The van der Waals surface area contributed by atoms with Gasteiger partial charge < -0.3 is 24.4 Å². The number of nitrogens with one attached hydrogen (secondary N) is 1. The van der Waals surface area contributed by atoms with Crippen molar-refractivity contribution in [2.45, 2.75) is 17.9 Å². The summed E-state index contributed by atoms with van der Waals surface area (Å²) in [5, 5.41) is 8.52. The second kappa shape index (κ2) is 9.53. The van der Waals surface area contributed by atoms with Crippen LogP contribution >= 0.6 is 11.6 Å². The number of carbonyl (C=O) groups excluding carboxylic acids is 1. The van der Waals surface area contributed by atoms with Crippen LogP contribution in [0.25, 0.3) is 0 Å². The van der Waals surface area contributed by atoms with Crippen molar-refractivity contribution in [3.63, 3.8) is 0 Å². The number of sulfonamides is 1. The number of hydrogen-bond donors (Lipinski definition) is 2. The molecule has 0 spiro atoms. The summed E-state index contributed by atoms with van der Waals surface area (Å²) in [5.74, 6) is 0.597. The number of rotatable bonds is 5. The van der Waals surface area contributed by atoms with E-state index in [0.717, 1.165) is 12.0 Å². The van der Waals surface area contributed by atoms with Crippen molar-refractivity contribution < 1.29 is 27.4 Å². The Kier molecular flexibility index (Phi) is 6.75. The van der Waals surface area contributed by atoms with Crippen molar-refractivity contribution in [2.24, 2.45) is 5.14 Å². The van der Waals surface area contributed by atoms with Crippen LogP contribution in [0.1, 0.15) is 22.3 Å². The maximum atomic E-state index is 13.1. The number of carbonyl (C=O) groups is 1. The molecule has 2 aliphatic rings. The number of fused-ring (bicyclic) bond motifs is 1. The highest BCUT2D eigenvalue weighted by Crippen LogP contribution is 2.38. The van der Waals surface area contributed by atoms with Gasteiger partial charge in [0.05, 0.1) is 41.9 Å². The van der Waals surface area contributed by atoms with E-state index in [9.17, 15) is 13.2 Å². The molecule has 2 aromatic carbocycles. The van der Waals surface area contributed by atoms with E-state index >= 15 is 0 Å². The fraction of sp³-hybridized carbons (Fsp3) is 0.381. The van der Waals surface area contributed by atoms with Gasteiger partial charge in [0.25, 0.3) is 5.91 Å². The van der Waals surface area contributed by atoms with Crippen molar-refractivity contribution >= 4 is 33.2 Å². The standard InChI is InChI=1S/C21H24ClN3O6S/c22-17-10-14(11-19-20(17)31-7-1-6-30-19)13-24-21(26)16-12-15(32(23,27)28)2-3-18(16)25-4-8-29-9-5-25/h2-3,10-12H,1,4-9,13H2,(H,24,26)(H2,23,27,28). The molecule has 2 heterocycles. The number of primary sulfonamides is 1. The average Bonchev–Trinajstić information content (AvgIpc) is 3.03. The van der Waals surface area contributed by atoms with E-state index in [2.05, 4.69) is 5.32 Å². The number of ether oxygens (including phenoxy) is 3. The van der Waals surface area contributed by atoms with Crippen molar-refractivity contribution in [2.75, 3.05) is 44.4 Å². The Hall–Kier alpha value is -2.53. The summed E-state index contributed by atoms with van der Waals surface area (Å²) in [6, 6.07) is 7.79. The molecule has 3 N–H and O–H groups in total. The molecule has 0 unspecified atom stereocenters. The van der Waals surface area contributed by atoms with Gasteiger partial charge in [0.15, 0.2) is 11.5 Å². The third-order valence-corrected chi connectivity index (χ3v) is 6.40. The molecule has 1 fully saturated rings. The molecule has 0 aliphatic carbocycles. The van der Waals surface area contributed by atoms with Gasteiger partial charge in [-0.25, -0.2) is 13.6 Å². The summed E-state index contributed by atoms with van der Waals surface area (Å²) >= 11 is 6.33. The zero-order chi connectivity index (χ0) is 22.7. The molecule has 1 amide bonds. The number of hydrogen-bond acceptors (Lipinski definition) is 7. The Morgan fingerprint density at radius 2 is 1.84 bits per heavy atom. The summed E-state index contributed by atoms with van der Waals surface area (Å²) in [6.07, 6.45) is 0.752. The quantitative estimate of drug-likeness (QED) is 0.669. The number of benzene rings is 2. The molecular formula is C21H24ClN3O6S. The molecule has 0 aromatic heterocycles. The van der Waals surface area contributed by atoms with Gasteiger partial charge in [-0.15, -0.1) is 0 Å². The Labute approximate surface area is 191 Å². The Morgan fingerprint density at radius 1 is 1.09 bits per heavy atom. The third kappa shape index (κ3) is 5.09. The lowest BCUT2D eigenvalue weighted by atomic mass is 10.1. The first-order valence-electron chi connectivity index (χ1n) is 10.2. The largest absolute Gasteiger partial charge is 0.489 e. The minimum absolute atomic E-state index is 0.127. The summed E-state index contributed by atoms with van der Waals surface area (Å²) in [7, 11) is -3.96. The van der Waals surface area contributed by atoms with Crippen molar-refractivity contribution in [3.05, 3.63) is 46.5 Å². The van der Waals surface area contributed by atoms with Gasteiger partial charge in [0, 0.05) is 31.7 Å². The Morgan fingerprint density at radius 3 is 2.59 bits per heavy atom. The molecule has 0 saturated carbocycles. The second-order valence-corrected chi connectivity index (χ2v) is 9.43. The van der Waals surface area contributed by atoms with E-state index in [-0.39, 0.29) is 17.0 Å². The SMILES string of the molecule is NS(=O)(=O)c1ccc(N2CCOCC2)c(C(=O)NCc2cc(Cl)c3c(c2)OCCCO3)c1. The Balaban J connectivity index is 1.58. The van der Waals surface area contributed by atoms with Crippen LogP contribution in [0, 0.1) is 0 Å². The lowest BCUT2D eigenvalue weighted by Crippen LogP contribution is -2.38. The molecule has 172 valence electrons. The molecule has 0 bridgehead atoms. The number of nitrogens with zero attached hydrogens (tertiary/aromatic N) is 1. The molecule has 0 atom stereocenters. The molecule has 4 rings (SSSR count). The number of anilines is 1. The molecule has 11 heteroatoms. The van der Waals surface area contributed by atoms with Crippen LogP contribution in [0.2, 0.25) is 5.02 Å². The van der Waals surface area contributed by atoms with E-state index in [0.29, 0.717) is 61.7 Å². The van der Waals surface area contributed by atoms with Crippen LogP contribution < -0.4 is 24.8 Å². The first-order valence-corrected chi connectivity index (χ1v) is 12.1. The van der Waals surface area contributed by atoms with Gasteiger partial charge >= 0.3 is 0 Å². The average molecular weight is 482 g/mol. The van der Waals surface area contributed by atoms with E-state index in [1.165, 1.54) is 12.1 Å². The topological polar surface area (TPSA) is 120 Å². The highest BCUT2D eigenvalue weighted by atomic mass is 35.5.